The van der Waals surface area contributed by atoms with E-state index in [1.165, 1.54) is 6.33 Å². The standard InChI is InChI=1S/C15H24N4O3/c20-14(2-1-6-19-12-16-11-17-19)18-13-3-7-22-15(10-13)4-8-21-9-5-15/h11-13H,1-10H2,(H,18,20). The Balaban J connectivity index is 1.40. The number of ether oxygens (including phenoxy) is 2. The summed E-state index contributed by atoms with van der Waals surface area (Å²) in [6.07, 6.45) is 8.16. The van der Waals surface area contributed by atoms with Gasteiger partial charge in [0.1, 0.15) is 12.7 Å². The molecule has 2 aliphatic heterocycles. The first-order valence-electron chi connectivity index (χ1n) is 8.09. The Morgan fingerprint density at radius 2 is 2.23 bits per heavy atom. The molecule has 1 aromatic rings. The number of nitrogens with one attached hydrogen (secondary N) is 1. The second-order valence-electron chi connectivity index (χ2n) is 6.16. The molecule has 0 aliphatic carbocycles. The average Bonchev–Trinajstić information content (AvgIpc) is 3.01. The molecule has 1 amide bonds. The Bertz CT molecular complexity index is 466. The quantitative estimate of drug-likeness (QED) is 0.874. The Morgan fingerprint density at radius 1 is 1.36 bits per heavy atom. The van der Waals surface area contributed by atoms with Crippen molar-refractivity contribution in [3.05, 3.63) is 12.7 Å². The van der Waals surface area contributed by atoms with E-state index in [0.717, 1.165) is 58.5 Å². The van der Waals surface area contributed by atoms with Crippen LogP contribution in [0.1, 0.15) is 38.5 Å². The van der Waals surface area contributed by atoms with Crippen molar-refractivity contribution in [3.63, 3.8) is 0 Å². The normalized spacial score (nSPS) is 24.3. The summed E-state index contributed by atoms with van der Waals surface area (Å²) in [5.74, 6) is 0.120. The van der Waals surface area contributed by atoms with Gasteiger partial charge in [-0.1, -0.05) is 0 Å². The Kier molecular flexibility index (Phi) is 5.04. The number of hydrogen-bond acceptors (Lipinski definition) is 5. The summed E-state index contributed by atoms with van der Waals surface area (Å²) in [7, 11) is 0. The fourth-order valence-electron chi connectivity index (χ4n) is 3.29. The minimum atomic E-state index is -0.0742. The maximum Gasteiger partial charge on any atom is 0.220 e. The number of amides is 1. The van der Waals surface area contributed by atoms with Crippen molar-refractivity contribution in [3.8, 4) is 0 Å². The lowest BCUT2D eigenvalue weighted by Crippen LogP contribution is -2.51. The predicted octanol–water partition coefficient (Wildman–Crippen LogP) is 0.903. The van der Waals surface area contributed by atoms with Crippen molar-refractivity contribution >= 4 is 5.91 Å². The smallest absolute Gasteiger partial charge is 0.220 e. The Labute approximate surface area is 130 Å². The molecule has 1 spiro atoms. The van der Waals surface area contributed by atoms with E-state index in [1.54, 1.807) is 11.0 Å². The molecule has 2 aliphatic rings. The Morgan fingerprint density at radius 3 is 3.00 bits per heavy atom. The molecule has 2 saturated heterocycles. The van der Waals surface area contributed by atoms with Gasteiger partial charge < -0.3 is 14.8 Å². The van der Waals surface area contributed by atoms with Crippen LogP contribution in [0.2, 0.25) is 0 Å². The van der Waals surface area contributed by atoms with Crippen LogP contribution in [0.5, 0.6) is 0 Å². The molecule has 0 bridgehead atoms. The van der Waals surface area contributed by atoms with Crippen molar-refractivity contribution in [1.82, 2.24) is 20.1 Å². The van der Waals surface area contributed by atoms with Crippen LogP contribution < -0.4 is 5.32 Å². The third kappa shape index (κ3) is 4.04. The van der Waals surface area contributed by atoms with E-state index in [4.69, 9.17) is 9.47 Å². The summed E-state index contributed by atoms with van der Waals surface area (Å²) < 4.78 is 13.2. The zero-order valence-corrected chi connectivity index (χ0v) is 12.9. The van der Waals surface area contributed by atoms with Crippen LogP contribution in [0.4, 0.5) is 0 Å². The van der Waals surface area contributed by atoms with Gasteiger partial charge in [0, 0.05) is 38.8 Å². The molecule has 3 rings (SSSR count). The molecule has 1 N–H and O–H groups in total. The molecule has 1 aromatic heterocycles. The van der Waals surface area contributed by atoms with Gasteiger partial charge in [0.25, 0.3) is 0 Å². The SMILES string of the molecule is O=C(CCCn1cncn1)NC1CCOC2(CCOCC2)C1. The van der Waals surface area contributed by atoms with Gasteiger partial charge >= 0.3 is 0 Å². The van der Waals surface area contributed by atoms with E-state index in [2.05, 4.69) is 15.4 Å². The summed E-state index contributed by atoms with van der Waals surface area (Å²) in [5.41, 5.74) is -0.0742. The second kappa shape index (κ2) is 7.19. The van der Waals surface area contributed by atoms with Crippen LogP contribution in [0.15, 0.2) is 12.7 Å². The lowest BCUT2D eigenvalue weighted by atomic mass is 9.84. The fraction of sp³-hybridized carbons (Fsp3) is 0.800. The monoisotopic (exact) mass is 308 g/mol. The molecule has 1 atom stereocenters. The van der Waals surface area contributed by atoms with Crippen molar-refractivity contribution < 1.29 is 14.3 Å². The van der Waals surface area contributed by atoms with E-state index in [0.29, 0.717) is 6.42 Å². The fourth-order valence-corrected chi connectivity index (χ4v) is 3.29. The summed E-state index contributed by atoms with van der Waals surface area (Å²) in [6, 6.07) is 0.228. The highest BCUT2D eigenvalue weighted by Gasteiger charge is 2.39. The molecule has 0 aromatic carbocycles. The van der Waals surface area contributed by atoms with Crippen LogP contribution >= 0.6 is 0 Å². The topological polar surface area (TPSA) is 78.3 Å². The van der Waals surface area contributed by atoms with E-state index in [9.17, 15) is 4.79 Å². The van der Waals surface area contributed by atoms with E-state index in [1.807, 2.05) is 0 Å². The maximum atomic E-state index is 12.1. The number of aryl methyl sites for hydroxylation is 1. The van der Waals surface area contributed by atoms with Crippen LogP contribution in [0.3, 0.4) is 0 Å². The van der Waals surface area contributed by atoms with Gasteiger partial charge in [0.2, 0.25) is 5.91 Å². The first kappa shape index (κ1) is 15.4. The maximum absolute atomic E-state index is 12.1. The zero-order valence-electron chi connectivity index (χ0n) is 12.9. The van der Waals surface area contributed by atoms with Crippen LogP contribution in [-0.4, -0.2) is 52.1 Å². The third-order valence-corrected chi connectivity index (χ3v) is 4.52. The van der Waals surface area contributed by atoms with Crippen molar-refractivity contribution in [2.45, 2.75) is 56.7 Å². The number of carbonyl (C=O) groups excluding carboxylic acids is 1. The summed E-state index contributed by atoms with van der Waals surface area (Å²) in [5, 5.41) is 7.20. The van der Waals surface area contributed by atoms with Gasteiger partial charge in [-0.15, -0.1) is 0 Å². The lowest BCUT2D eigenvalue weighted by Gasteiger charge is -2.43. The van der Waals surface area contributed by atoms with Gasteiger partial charge in [0.15, 0.2) is 0 Å². The van der Waals surface area contributed by atoms with Gasteiger partial charge in [-0.05, 0) is 32.1 Å². The van der Waals surface area contributed by atoms with Crippen molar-refractivity contribution in [2.75, 3.05) is 19.8 Å². The summed E-state index contributed by atoms with van der Waals surface area (Å²) in [4.78, 5) is 16.0. The number of nitrogens with zero attached hydrogens (tertiary/aromatic N) is 3. The van der Waals surface area contributed by atoms with Crippen molar-refractivity contribution in [1.29, 1.82) is 0 Å². The van der Waals surface area contributed by atoms with Crippen LogP contribution in [-0.2, 0) is 20.8 Å². The van der Waals surface area contributed by atoms with Crippen LogP contribution in [0, 0.1) is 0 Å². The molecule has 22 heavy (non-hydrogen) atoms. The molecule has 7 nitrogen and oxygen atoms in total. The van der Waals surface area contributed by atoms with Gasteiger partial charge in [-0.3, -0.25) is 9.48 Å². The first-order valence-corrected chi connectivity index (χ1v) is 8.09. The molecule has 122 valence electrons. The molecule has 2 fully saturated rings. The second-order valence-corrected chi connectivity index (χ2v) is 6.16. The molecule has 7 heteroatoms. The molecule has 1 unspecified atom stereocenters. The van der Waals surface area contributed by atoms with Crippen molar-refractivity contribution in [2.24, 2.45) is 0 Å². The van der Waals surface area contributed by atoms with E-state index in [-0.39, 0.29) is 17.6 Å². The first-order chi connectivity index (χ1) is 10.8. The van der Waals surface area contributed by atoms with E-state index < -0.39 is 0 Å². The summed E-state index contributed by atoms with van der Waals surface area (Å²) in [6.45, 7) is 2.98. The molecular formula is C15H24N4O3. The molecular weight excluding hydrogens is 284 g/mol. The molecule has 3 heterocycles. The largest absolute Gasteiger partial charge is 0.381 e. The number of aromatic nitrogens is 3. The van der Waals surface area contributed by atoms with Gasteiger partial charge in [-0.25, -0.2) is 4.98 Å². The van der Waals surface area contributed by atoms with Gasteiger partial charge in [0.05, 0.1) is 5.60 Å². The third-order valence-electron chi connectivity index (χ3n) is 4.52. The van der Waals surface area contributed by atoms with Crippen LogP contribution in [0.25, 0.3) is 0 Å². The molecule has 0 radical (unpaired) electrons. The minimum Gasteiger partial charge on any atom is -0.381 e. The number of rotatable bonds is 5. The minimum absolute atomic E-state index is 0.0742. The zero-order chi connectivity index (χ0) is 15.3. The van der Waals surface area contributed by atoms with E-state index >= 15 is 0 Å². The number of carbonyl (C=O) groups is 1. The average molecular weight is 308 g/mol. The Hall–Kier alpha value is -1.47. The molecule has 0 saturated carbocycles. The lowest BCUT2D eigenvalue weighted by molar-refractivity contribution is -0.144. The highest BCUT2D eigenvalue weighted by molar-refractivity contribution is 5.76. The highest BCUT2D eigenvalue weighted by Crippen LogP contribution is 2.34. The summed E-state index contributed by atoms with van der Waals surface area (Å²) >= 11 is 0. The highest BCUT2D eigenvalue weighted by atomic mass is 16.5. The predicted molar refractivity (Wildman–Crippen MR) is 79.2 cm³/mol. The van der Waals surface area contributed by atoms with Gasteiger partial charge in [-0.2, -0.15) is 5.10 Å². The number of hydrogen-bond donors (Lipinski definition) is 1.